The summed E-state index contributed by atoms with van der Waals surface area (Å²) in [7, 11) is 0. The zero-order chi connectivity index (χ0) is 18.5. The van der Waals surface area contributed by atoms with Crippen LogP contribution in [0.25, 0.3) is 0 Å². The van der Waals surface area contributed by atoms with E-state index in [0.29, 0.717) is 30.2 Å². The SMILES string of the molecule is CC.Nc1nc(=O)n(C(=O)NCCCCCCC(=O)NO)cc1F. The molecule has 1 aromatic heterocycles. The molecule has 1 aromatic rings. The van der Waals surface area contributed by atoms with Crippen LogP contribution in [0.15, 0.2) is 11.0 Å². The van der Waals surface area contributed by atoms with Gasteiger partial charge in [-0.1, -0.05) is 26.7 Å². The Morgan fingerprint density at radius 3 is 2.54 bits per heavy atom. The van der Waals surface area contributed by atoms with E-state index in [9.17, 15) is 18.8 Å². The lowest BCUT2D eigenvalue weighted by Gasteiger charge is -2.07. The molecule has 2 amide bonds. The van der Waals surface area contributed by atoms with Gasteiger partial charge in [-0.15, -0.1) is 0 Å². The van der Waals surface area contributed by atoms with Gasteiger partial charge in [-0.05, 0) is 12.8 Å². The number of carbonyl (C=O) groups excluding carboxylic acids is 2. The first-order valence-electron chi connectivity index (χ1n) is 7.71. The van der Waals surface area contributed by atoms with Gasteiger partial charge in [0.25, 0.3) is 0 Å². The summed E-state index contributed by atoms with van der Waals surface area (Å²) in [6, 6.07) is -0.781. The molecule has 0 aliphatic carbocycles. The number of amides is 2. The van der Waals surface area contributed by atoms with Crippen LogP contribution in [0.3, 0.4) is 0 Å². The lowest BCUT2D eigenvalue weighted by atomic mass is 10.1. The molecule has 5 N–H and O–H groups in total. The second kappa shape index (κ2) is 12.0. The van der Waals surface area contributed by atoms with Gasteiger partial charge in [0, 0.05) is 13.0 Å². The number of hydroxylamine groups is 1. The molecule has 0 fully saturated rings. The zero-order valence-electron chi connectivity index (χ0n) is 13.8. The summed E-state index contributed by atoms with van der Waals surface area (Å²) in [4.78, 5) is 37.0. The molecule has 1 heterocycles. The van der Waals surface area contributed by atoms with E-state index in [0.717, 1.165) is 12.8 Å². The molecule has 0 atom stereocenters. The lowest BCUT2D eigenvalue weighted by molar-refractivity contribution is -0.129. The van der Waals surface area contributed by atoms with Crippen LogP contribution in [0.5, 0.6) is 0 Å². The minimum atomic E-state index is -0.952. The van der Waals surface area contributed by atoms with Crippen molar-refractivity contribution in [3.05, 3.63) is 22.5 Å². The van der Waals surface area contributed by atoms with Crippen molar-refractivity contribution < 1.29 is 19.2 Å². The number of nitrogens with two attached hydrogens (primary N) is 1. The standard InChI is InChI=1S/C12H18FN5O4.C2H6/c13-8-7-18(12(21)16-10(8)14)11(20)15-6-4-2-1-3-5-9(19)17-22;1-2/h7,22H,1-6H2,(H,15,20)(H,17,19)(H2,14,16,21);1-2H3. The first-order valence-corrected chi connectivity index (χ1v) is 7.71. The Balaban J connectivity index is 0.00000254. The molecule has 0 aliphatic heterocycles. The minimum absolute atomic E-state index is 0.231. The third-order valence-electron chi connectivity index (χ3n) is 2.86. The van der Waals surface area contributed by atoms with Crippen LogP contribution in [-0.2, 0) is 4.79 Å². The molecule has 0 radical (unpaired) electrons. The number of nitrogens with one attached hydrogen (secondary N) is 2. The summed E-state index contributed by atoms with van der Waals surface area (Å²) >= 11 is 0. The summed E-state index contributed by atoms with van der Waals surface area (Å²) < 4.78 is 13.7. The lowest BCUT2D eigenvalue weighted by Crippen LogP contribution is -2.38. The molecular formula is C14H24FN5O4. The molecule has 1 rings (SSSR count). The van der Waals surface area contributed by atoms with Crippen molar-refractivity contribution in [2.75, 3.05) is 12.3 Å². The molecule has 0 saturated carbocycles. The van der Waals surface area contributed by atoms with E-state index in [1.807, 2.05) is 13.8 Å². The number of carbonyl (C=O) groups is 2. The fourth-order valence-electron chi connectivity index (χ4n) is 1.69. The van der Waals surface area contributed by atoms with Gasteiger partial charge in [-0.3, -0.25) is 10.0 Å². The average Bonchev–Trinajstić information content (AvgIpc) is 2.58. The first kappa shape index (κ1) is 21.5. The van der Waals surface area contributed by atoms with E-state index in [-0.39, 0.29) is 6.42 Å². The predicted octanol–water partition coefficient (Wildman–Crippen LogP) is 1.00. The van der Waals surface area contributed by atoms with Crippen LogP contribution in [0.1, 0.15) is 46.0 Å². The summed E-state index contributed by atoms with van der Waals surface area (Å²) in [5.41, 5.74) is 5.70. The third kappa shape index (κ3) is 7.68. The maximum atomic E-state index is 13.2. The monoisotopic (exact) mass is 345 g/mol. The van der Waals surface area contributed by atoms with E-state index in [2.05, 4.69) is 10.3 Å². The van der Waals surface area contributed by atoms with Gasteiger partial charge in [-0.25, -0.2) is 24.0 Å². The predicted molar refractivity (Wildman–Crippen MR) is 86.0 cm³/mol. The second-order valence-electron chi connectivity index (χ2n) is 4.56. The molecule has 0 aromatic carbocycles. The molecular weight excluding hydrogens is 321 g/mol. The van der Waals surface area contributed by atoms with Crippen molar-refractivity contribution in [3.8, 4) is 0 Å². The molecule has 0 unspecified atom stereocenters. The number of anilines is 1. The second-order valence-corrected chi connectivity index (χ2v) is 4.56. The Bertz CT molecular complexity index is 591. The maximum absolute atomic E-state index is 13.2. The summed E-state index contributed by atoms with van der Waals surface area (Å²) in [5, 5.41) is 10.7. The number of hydrogen-bond acceptors (Lipinski definition) is 6. The quantitative estimate of drug-likeness (QED) is 0.330. The van der Waals surface area contributed by atoms with Gasteiger partial charge >= 0.3 is 11.7 Å². The Morgan fingerprint density at radius 1 is 1.29 bits per heavy atom. The van der Waals surface area contributed by atoms with E-state index in [4.69, 9.17) is 10.9 Å². The topological polar surface area (TPSA) is 139 Å². The number of unbranched alkanes of at least 4 members (excludes halogenated alkanes) is 3. The van der Waals surface area contributed by atoms with Crippen LogP contribution < -0.4 is 22.2 Å². The number of aromatic nitrogens is 2. The molecule has 136 valence electrons. The first-order chi connectivity index (χ1) is 11.5. The fraction of sp³-hybridized carbons (Fsp3) is 0.571. The Kier molecular flexibility index (Phi) is 10.8. The summed E-state index contributed by atoms with van der Waals surface area (Å²) in [6.07, 6.45) is 3.67. The van der Waals surface area contributed by atoms with Crippen LogP contribution in [0.2, 0.25) is 0 Å². The van der Waals surface area contributed by atoms with E-state index >= 15 is 0 Å². The Labute approximate surface area is 139 Å². The van der Waals surface area contributed by atoms with Crippen molar-refractivity contribution in [3.63, 3.8) is 0 Å². The van der Waals surface area contributed by atoms with Crippen molar-refractivity contribution in [1.29, 1.82) is 0 Å². The van der Waals surface area contributed by atoms with E-state index in [1.165, 1.54) is 0 Å². The van der Waals surface area contributed by atoms with Crippen LogP contribution in [-0.4, -0.2) is 33.2 Å². The molecule has 0 spiro atoms. The van der Waals surface area contributed by atoms with Crippen molar-refractivity contribution in [2.24, 2.45) is 0 Å². The van der Waals surface area contributed by atoms with Gasteiger partial charge in [0.05, 0.1) is 6.20 Å². The van der Waals surface area contributed by atoms with Crippen LogP contribution in [0.4, 0.5) is 15.0 Å². The number of rotatable bonds is 7. The largest absolute Gasteiger partial charge is 0.381 e. The van der Waals surface area contributed by atoms with E-state index in [1.54, 1.807) is 5.48 Å². The van der Waals surface area contributed by atoms with Crippen molar-refractivity contribution in [2.45, 2.75) is 46.0 Å². The molecule has 0 aliphatic rings. The average molecular weight is 345 g/mol. The highest BCUT2D eigenvalue weighted by Gasteiger charge is 2.11. The van der Waals surface area contributed by atoms with Gasteiger partial charge in [0.2, 0.25) is 5.91 Å². The molecule has 24 heavy (non-hydrogen) atoms. The van der Waals surface area contributed by atoms with Crippen LogP contribution >= 0.6 is 0 Å². The van der Waals surface area contributed by atoms with Gasteiger partial charge in [0.15, 0.2) is 11.6 Å². The highest BCUT2D eigenvalue weighted by Crippen LogP contribution is 2.03. The molecule has 9 nitrogen and oxygen atoms in total. The normalized spacial score (nSPS) is 9.67. The number of nitrogen functional groups attached to an aromatic ring is 1. The molecule has 0 saturated heterocycles. The van der Waals surface area contributed by atoms with Crippen molar-refractivity contribution in [1.82, 2.24) is 20.3 Å². The van der Waals surface area contributed by atoms with Crippen LogP contribution in [0, 0.1) is 5.82 Å². The fourth-order valence-corrected chi connectivity index (χ4v) is 1.69. The van der Waals surface area contributed by atoms with E-state index < -0.39 is 29.3 Å². The molecule has 10 heteroatoms. The van der Waals surface area contributed by atoms with Gasteiger partial charge < -0.3 is 11.1 Å². The highest BCUT2D eigenvalue weighted by molar-refractivity contribution is 5.76. The number of nitrogens with zero attached hydrogens (tertiary/aromatic N) is 2. The summed E-state index contributed by atoms with van der Waals surface area (Å²) in [5.74, 6) is -1.94. The minimum Gasteiger partial charge on any atom is -0.381 e. The Morgan fingerprint density at radius 2 is 1.92 bits per heavy atom. The number of halogens is 1. The smallest absolute Gasteiger partial charge is 0.357 e. The summed E-state index contributed by atoms with van der Waals surface area (Å²) in [6.45, 7) is 4.30. The number of hydrogen-bond donors (Lipinski definition) is 4. The molecule has 0 bridgehead atoms. The van der Waals surface area contributed by atoms with Gasteiger partial charge in [-0.2, -0.15) is 4.98 Å². The Hall–Kier alpha value is -2.49. The third-order valence-corrected chi connectivity index (χ3v) is 2.86. The zero-order valence-corrected chi connectivity index (χ0v) is 13.8. The van der Waals surface area contributed by atoms with Crippen molar-refractivity contribution >= 4 is 17.8 Å². The maximum Gasteiger partial charge on any atom is 0.357 e. The van der Waals surface area contributed by atoms with Gasteiger partial charge in [0.1, 0.15) is 0 Å². The highest BCUT2D eigenvalue weighted by atomic mass is 19.1.